The number of hydrogen-bond acceptors (Lipinski definition) is 2. The second kappa shape index (κ2) is 5.54. The minimum absolute atomic E-state index is 0.142. The molecule has 1 rings (SSSR count). The number of rotatable bonds is 4. The summed E-state index contributed by atoms with van der Waals surface area (Å²) >= 11 is 0. The molecule has 0 radical (unpaired) electrons. The summed E-state index contributed by atoms with van der Waals surface area (Å²) in [6.45, 7) is -0.655. The molecule has 0 atom stereocenters. The molecule has 0 fully saturated rings. The molecule has 0 saturated carbocycles. The van der Waals surface area contributed by atoms with E-state index in [9.17, 15) is 26.7 Å². The molecular weight excluding hydrogens is 271 g/mol. The summed E-state index contributed by atoms with van der Waals surface area (Å²) in [5.74, 6) is -1.53. The lowest BCUT2D eigenvalue weighted by Crippen LogP contribution is -2.14. The first-order valence-corrected chi connectivity index (χ1v) is 5.36. The highest BCUT2D eigenvalue weighted by Crippen LogP contribution is 2.38. The predicted octanol–water partition coefficient (Wildman–Crippen LogP) is 4.07. The van der Waals surface area contributed by atoms with E-state index in [1.54, 1.807) is 6.92 Å². The van der Waals surface area contributed by atoms with Crippen molar-refractivity contribution in [2.75, 3.05) is 0 Å². The molecule has 2 nitrogen and oxygen atoms in total. The summed E-state index contributed by atoms with van der Waals surface area (Å²) in [6.07, 6.45) is -4.65. The molecule has 0 amide bonds. The fourth-order valence-electron chi connectivity index (χ4n) is 1.66. The molecule has 0 bridgehead atoms. The van der Waals surface area contributed by atoms with Gasteiger partial charge in [-0.15, -0.1) is 0 Å². The lowest BCUT2D eigenvalue weighted by Gasteiger charge is -2.16. The zero-order chi connectivity index (χ0) is 14.8. The number of halogens is 5. The van der Waals surface area contributed by atoms with Gasteiger partial charge in [0, 0.05) is 5.56 Å². The second-order valence-corrected chi connectivity index (χ2v) is 3.79. The zero-order valence-electron chi connectivity index (χ0n) is 10.1. The van der Waals surface area contributed by atoms with Gasteiger partial charge in [0.25, 0.3) is 0 Å². The van der Waals surface area contributed by atoms with Crippen molar-refractivity contribution in [2.45, 2.75) is 33.1 Å². The molecule has 0 heterocycles. The van der Waals surface area contributed by atoms with Crippen molar-refractivity contribution >= 4 is 5.78 Å². The summed E-state index contributed by atoms with van der Waals surface area (Å²) in [4.78, 5) is 11.3. The van der Waals surface area contributed by atoms with Crippen molar-refractivity contribution < 1.29 is 31.5 Å². The summed E-state index contributed by atoms with van der Waals surface area (Å²) in [6, 6.07) is 1.39. The Labute approximate surface area is 106 Å². The van der Waals surface area contributed by atoms with Gasteiger partial charge < -0.3 is 4.74 Å². The van der Waals surface area contributed by atoms with Gasteiger partial charge in [-0.05, 0) is 31.0 Å². The van der Waals surface area contributed by atoms with E-state index in [2.05, 4.69) is 4.74 Å². The van der Waals surface area contributed by atoms with Crippen LogP contribution in [0.2, 0.25) is 0 Å². The standard InChI is InChI=1S/C12H11F5O2/c1-3-7-4-10(19-11(13)14)9(12(15,16)17)5-8(7)6(2)18/h4-5,11H,3H2,1-2H3. The highest BCUT2D eigenvalue weighted by atomic mass is 19.4. The first kappa shape index (κ1) is 15.4. The van der Waals surface area contributed by atoms with Gasteiger partial charge in [-0.25, -0.2) is 0 Å². The minimum atomic E-state index is -4.87. The van der Waals surface area contributed by atoms with Crippen molar-refractivity contribution in [3.05, 3.63) is 28.8 Å². The molecular formula is C12H11F5O2. The maximum atomic E-state index is 12.7. The molecule has 1 aromatic rings. The van der Waals surface area contributed by atoms with Crippen LogP contribution in [0.4, 0.5) is 22.0 Å². The number of ketones is 1. The number of hydrogen-bond donors (Lipinski definition) is 0. The third-order valence-corrected chi connectivity index (χ3v) is 2.49. The van der Waals surface area contributed by atoms with Crippen LogP contribution in [0.25, 0.3) is 0 Å². The highest BCUT2D eigenvalue weighted by Gasteiger charge is 2.36. The Morgan fingerprint density at radius 1 is 1.32 bits per heavy atom. The van der Waals surface area contributed by atoms with Crippen LogP contribution in [-0.2, 0) is 12.6 Å². The molecule has 0 saturated heterocycles. The Kier molecular flexibility index (Phi) is 4.49. The normalized spacial score (nSPS) is 11.8. The van der Waals surface area contributed by atoms with Crippen LogP contribution in [0.1, 0.15) is 35.3 Å². The van der Waals surface area contributed by atoms with Crippen LogP contribution in [0.15, 0.2) is 12.1 Å². The molecule has 0 aliphatic carbocycles. The van der Waals surface area contributed by atoms with E-state index in [0.29, 0.717) is 6.07 Å². The van der Waals surface area contributed by atoms with Crippen molar-refractivity contribution in [3.8, 4) is 5.75 Å². The molecule has 0 N–H and O–H groups in total. The van der Waals surface area contributed by atoms with Crippen LogP contribution < -0.4 is 4.74 Å². The Morgan fingerprint density at radius 2 is 1.89 bits per heavy atom. The molecule has 106 valence electrons. The molecule has 0 unspecified atom stereocenters. The number of ether oxygens (including phenoxy) is 1. The Hall–Kier alpha value is -1.66. The zero-order valence-corrected chi connectivity index (χ0v) is 10.1. The van der Waals surface area contributed by atoms with Gasteiger partial charge >= 0.3 is 12.8 Å². The van der Waals surface area contributed by atoms with E-state index in [1.807, 2.05) is 0 Å². The van der Waals surface area contributed by atoms with Gasteiger partial charge in [-0.1, -0.05) is 6.92 Å². The highest BCUT2D eigenvalue weighted by molar-refractivity contribution is 5.96. The van der Waals surface area contributed by atoms with Crippen molar-refractivity contribution in [1.29, 1.82) is 0 Å². The van der Waals surface area contributed by atoms with Gasteiger partial charge in [-0.2, -0.15) is 22.0 Å². The van der Waals surface area contributed by atoms with Crippen LogP contribution in [0, 0.1) is 0 Å². The van der Waals surface area contributed by atoms with E-state index >= 15 is 0 Å². The second-order valence-electron chi connectivity index (χ2n) is 3.79. The van der Waals surface area contributed by atoms with Gasteiger partial charge in [0.05, 0.1) is 5.56 Å². The molecule has 0 aliphatic heterocycles. The summed E-state index contributed by atoms with van der Waals surface area (Å²) < 4.78 is 66.4. The minimum Gasteiger partial charge on any atom is -0.434 e. The molecule has 0 spiro atoms. The average Bonchev–Trinajstić information content (AvgIpc) is 2.25. The van der Waals surface area contributed by atoms with Crippen molar-refractivity contribution in [3.63, 3.8) is 0 Å². The smallest absolute Gasteiger partial charge is 0.419 e. The molecule has 19 heavy (non-hydrogen) atoms. The van der Waals surface area contributed by atoms with Crippen LogP contribution >= 0.6 is 0 Å². The lowest BCUT2D eigenvalue weighted by atomic mass is 9.98. The van der Waals surface area contributed by atoms with E-state index < -0.39 is 29.9 Å². The van der Waals surface area contributed by atoms with Crippen LogP contribution in [-0.4, -0.2) is 12.4 Å². The third kappa shape index (κ3) is 3.65. The molecule has 0 aromatic heterocycles. The van der Waals surface area contributed by atoms with Gasteiger partial charge in [0.1, 0.15) is 5.75 Å². The SMILES string of the molecule is CCc1cc(OC(F)F)c(C(F)(F)F)cc1C(C)=O. The Morgan fingerprint density at radius 3 is 2.26 bits per heavy atom. The first-order valence-electron chi connectivity index (χ1n) is 5.36. The fourth-order valence-corrected chi connectivity index (χ4v) is 1.66. The Balaban J connectivity index is 3.48. The molecule has 1 aromatic carbocycles. The monoisotopic (exact) mass is 282 g/mol. The summed E-state index contributed by atoms with van der Waals surface area (Å²) in [7, 11) is 0. The number of carbonyl (C=O) groups excluding carboxylic acids is 1. The number of Topliss-reactive ketones (excluding diaryl/α,β-unsaturated/α-hetero) is 1. The van der Waals surface area contributed by atoms with Gasteiger partial charge in [0.15, 0.2) is 5.78 Å². The summed E-state index contributed by atoms with van der Waals surface area (Å²) in [5.41, 5.74) is -1.29. The predicted molar refractivity (Wildman–Crippen MR) is 57.5 cm³/mol. The van der Waals surface area contributed by atoms with E-state index in [-0.39, 0.29) is 17.5 Å². The van der Waals surface area contributed by atoms with Gasteiger partial charge in [-0.3, -0.25) is 4.79 Å². The number of benzene rings is 1. The van der Waals surface area contributed by atoms with Gasteiger partial charge in [0.2, 0.25) is 0 Å². The number of aryl methyl sites for hydroxylation is 1. The average molecular weight is 282 g/mol. The third-order valence-electron chi connectivity index (χ3n) is 2.49. The number of alkyl halides is 5. The fraction of sp³-hybridized carbons (Fsp3) is 0.417. The van der Waals surface area contributed by atoms with E-state index in [1.165, 1.54) is 0 Å². The largest absolute Gasteiger partial charge is 0.434 e. The topological polar surface area (TPSA) is 26.3 Å². The first-order chi connectivity index (χ1) is 8.66. The van der Waals surface area contributed by atoms with Crippen molar-refractivity contribution in [1.82, 2.24) is 0 Å². The van der Waals surface area contributed by atoms with Crippen molar-refractivity contribution in [2.24, 2.45) is 0 Å². The summed E-state index contributed by atoms with van der Waals surface area (Å²) in [5, 5.41) is 0. The van der Waals surface area contributed by atoms with E-state index in [0.717, 1.165) is 13.0 Å². The Bertz CT molecular complexity index is 480. The number of carbonyl (C=O) groups is 1. The van der Waals surface area contributed by atoms with Crippen LogP contribution in [0.5, 0.6) is 5.75 Å². The maximum absolute atomic E-state index is 12.7. The lowest BCUT2D eigenvalue weighted by molar-refractivity contribution is -0.141. The molecule has 0 aliphatic rings. The van der Waals surface area contributed by atoms with Crippen LogP contribution in [0.3, 0.4) is 0 Å². The molecule has 7 heteroatoms. The van der Waals surface area contributed by atoms with E-state index in [4.69, 9.17) is 0 Å². The quantitative estimate of drug-likeness (QED) is 0.614. The maximum Gasteiger partial charge on any atom is 0.419 e.